The van der Waals surface area contributed by atoms with Gasteiger partial charge < -0.3 is 13.9 Å². The maximum atomic E-state index is 13.1. The fourth-order valence-corrected chi connectivity index (χ4v) is 3.60. The lowest BCUT2D eigenvalue weighted by atomic mass is 9.74. The van der Waals surface area contributed by atoms with Crippen molar-refractivity contribution in [1.29, 1.82) is 0 Å². The Balaban J connectivity index is 1.61. The summed E-state index contributed by atoms with van der Waals surface area (Å²) < 4.78 is 30.5. The highest BCUT2D eigenvalue weighted by Gasteiger charge is 2.41. The van der Waals surface area contributed by atoms with E-state index in [-0.39, 0.29) is 5.82 Å². The average Bonchev–Trinajstić information content (AvgIpc) is 3.22. The summed E-state index contributed by atoms with van der Waals surface area (Å²) in [6, 6.07) is 13.6. The third-order valence-corrected chi connectivity index (χ3v) is 5.32. The monoisotopic (exact) mass is 402 g/mol. The van der Waals surface area contributed by atoms with E-state index in [1.807, 2.05) is 31.2 Å². The second kappa shape index (κ2) is 7.89. The number of ether oxygens (including phenoxy) is 2. The van der Waals surface area contributed by atoms with E-state index in [0.29, 0.717) is 35.8 Å². The third-order valence-electron chi connectivity index (χ3n) is 5.07. The lowest BCUT2D eigenvalue weighted by Crippen LogP contribution is -2.35. The lowest BCUT2D eigenvalue weighted by molar-refractivity contribution is 0.0530. The summed E-state index contributed by atoms with van der Waals surface area (Å²) in [5.41, 5.74) is 0.659. The van der Waals surface area contributed by atoms with Gasteiger partial charge in [0.25, 0.3) is 5.89 Å². The molecule has 0 amide bonds. The summed E-state index contributed by atoms with van der Waals surface area (Å²) in [7, 11) is 0. The van der Waals surface area contributed by atoms with Crippen LogP contribution in [0.2, 0.25) is 5.02 Å². The Morgan fingerprint density at radius 2 is 1.71 bits per heavy atom. The van der Waals surface area contributed by atoms with E-state index < -0.39 is 11.5 Å². The van der Waals surface area contributed by atoms with Gasteiger partial charge in [-0.1, -0.05) is 23.7 Å². The molecule has 1 saturated heterocycles. The van der Waals surface area contributed by atoms with Gasteiger partial charge in [0, 0.05) is 18.2 Å². The molecule has 3 aromatic rings. The fraction of sp³-hybridized carbons (Fsp3) is 0.333. The Hall–Kier alpha value is -2.44. The van der Waals surface area contributed by atoms with E-state index in [1.54, 1.807) is 12.1 Å². The first kappa shape index (κ1) is 18.9. The molecule has 0 bridgehead atoms. The zero-order valence-electron chi connectivity index (χ0n) is 15.4. The Kier molecular flexibility index (Phi) is 5.33. The van der Waals surface area contributed by atoms with Crippen molar-refractivity contribution in [2.45, 2.75) is 31.3 Å². The predicted molar refractivity (Wildman–Crippen MR) is 102 cm³/mol. The summed E-state index contributed by atoms with van der Waals surface area (Å²) in [6.45, 7) is 3.05. The minimum absolute atomic E-state index is 0.315. The normalized spacial score (nSPS) is 17.2. The van der Waals surface area contributed by atoms with Gasteiger partial charge in [-0.05, 0) is 61.7 Å². The summed E-state index contributed by atoms with van der Waals surface area (Å²) in [6.07, 6.45) is 1.02. The van der Waals surface area contributed by atoms with Crippen LogP contribution < -0.4 is 4.74 Å². The van der Waals surface area contributed by atoms with Gasteiger partial charge in [0.05, 0.1) is 5.41 Å². The van der Waals surface area contributed by atoms with Crippen molar-refractivity contribution < 1.29 is 18.3 Å². The molecule has 0 spiro atoms. The molecule has 0 N–H and O–H groups in total. The summed E-state index contributed by atoms with van der Waals surface area (Å²) in [4.78, 5) is 0. The van der Waals surface area contributed by atoms with Crippen LogP contribution in [0.5, 0.6) is 5.75 Å². The molecule has 2 aromatic carbocycles. The Morgan fingerprint density at radius 3 is 2.39 bits per heavy atom. The quantitative estimate of drug-likeness (QED) is 0.594. The Labute approximate surface area is 167 Å². The van der Waals surface area contributed by atoms with Gasteiger partial charge in [0.2, 0.25) is 5.89 Å². The maximum absolute atomic E-state index is 13.1. The average molecular weight is 403 g/mol. The van der Waals surface area contributed by atoms with E-state index in [4.69, 9.17) is 25.5 Å². The number of rotatable bonds is 5. The molecule has 1 atom stereocenters. The van der Waals surface area contributed by atoms with Crippen molar-refractivity contribution in [3.8, 4) is 5.75 Å². The van der Waals surface area contributed by atoms with Gasteiger partial charge in [-0.2, -0.15) is 0 Å². The zero-order valence-corrected chi connectivity index (χ0v) is 16.2. The standard InChI is InChI=1S/C21H20ClFN2O3/c1-14(27-18-8-6-17(23)7-9-18)19-24-25-20(28-19)21(10-12-26-13-11-21)15-2-4-16(22)5-3-15/h2-9,14H,10-13H2,1H3. The lowest BCUT2D eigenvalue weighted by Gasteiger charge is -2.34. The summed E-state index contributed by atoms with van der Waals surface area (Å²) >= 11 is 6.06. The van der Waals surface area contributed by atoms with Crippen LogP contribution >= 0.6 is 11.6 Å². The minimum atomic E-state index is -0.464. The van der Waals surface area contributed by atoms with Crippen molar-refractivity contribution in [3.63, 3.8) is 0 Å². The van der Waals surface area contributed by atoms with Gasteiger partial charge in [-0.15, -0.1) is 10.2 Å². The number of hydrogen-bond donors (Lipinski definition) is 0. The molecule has 1 aliphatic rings. The second-order valence-electron chi connectivity index (χ2n) is 6.86. The van der Waals surface area contributed by atoms with Crippen molar-refractivity contribution in [3.05, 3.63) is 76.7 Å². The molecule has 0 aliphatic carbocycles. The van der Waals surface area contributed by atoms with Crippen molar-refractivity contribution >= 4 is 11.6 Å². The van der Waals surface area contributed by atoms with Crippen LogP contribution in [0.25, 0.3) is 0 Å². The van der Waals surface area contributed by atoms with Crippen LogP contribution in [0.1, 0.15) is 43.2 Å². The molecule has 0 radical (unpaired) electrons. The van der Waals surface area contributed by atoms with E-state index in [0.717, 1.165) is 18.4 Å². The topological polar surface area (TPSA) is 57.4 Å². The van der Waals surface area contributed by atoms with Crippen LogP contribution in [0.15, 0.2) is 52.9 Å². The van der Waals surface area contributed by atoms with Crippen LogP contribution in [0, 0.1) is 5.82 Å². The predicted octanol–water partition coefficient (Wildman–Crippen LogP) is 5.10. The van der Waals surface area contributed by atoms with Crippen LogP contribution in [0.4, 0.5) is 4.39 Å². The van der Waals surface area contributed by atoms with E-state index >= 15 is 0 Å². The number of benzene rings is 2. The maximum Gasteiger partial charge on any atom is 0.256 e. The smallest absolute Gasteiger partial charge is 0.256 e. The third kappa shape index (κ3) is 3.75. The van der Waals surface area contributed by atoms with Crippen molar-refractivity contribution in [1.82, 2.24) is 10.2 Å². The number of aromatic nitrogens is 2. The van der Waals surface area contributed by atoms with Crippen molar-refractivity contribution in [2.24, 2.45) is 0 Å². The highest BCUT2D eigenvalue weighted by atomic mass is 35.5. The first-order valence-electron chi connectivity index (χ1n) is 9.17. The molecule has 2 heterocycles. The Bertz CT molecular complexity index is 922. The minimum Gasteiger partial charge on any atom is -0.481 e. The van der Waals surface area contributed by atoms with Gasteiger partial charge >= 0.3 is 0 Å². The molecule has 1 aliphatic heterocycles. The molecular weight excluding hydrogens is 383 g/mol. The highest BCUT2D eigenvalue weighted by Crippen LogP contribution is 2.41. The SMILES string of the molecule is CC(Oc1ccc(F)cc1)c1nnc(C2(c3ccc(Cl)cc3)CCOCC2)o1. The number of hydrogen-bond acceptors (Lipinski definition) is 5. The van der Waals surface area contributed by atoms with Gasteiger partial charge in [0.15, 0.2) is 6.10 Å². The molecule has 146 valence electrons. The van der Waals surface area contributed by atoms with Crippen molar-refractivity contribution in [2.75, 3.05) is 13.2 Å². The van der Waals surface area contributed by atoms with Crippen LogP contribution in [0.3, 0.4) is 0 Å². The molecule has 28 heavy (non-hydrogen) atoms. The van der Waals surface area contributed by atoms with E-state index in [9.17, 15) is 4.39 Å². The van der Waals surface area contributed by atoms with Gasteiger partial charge in [-0.25, -0.2) is 4.39 Å². The fourth-order valence-electron chi connectivity index (χ4n) is 3.47. The van der Waals surface area contributed by atoms with E-state index in [2.05, 4.69) is 10.2 Å². The van der Waals surface area contributed by atoms with Gasteiger partial charge in [-0.3, -0.25) is 0 Å². The molecule has 4 rings (SSSR count). The van der Waals surface area contributed by atoms with Gasteiger partial charge in [0.1, 0.15) is 11.6 Å². The molecule has 7 heteroatoms. The van der Waals surface area contributed by atoms with Crippen LogP contribution in [-0.4, -0.2) is 23.4 Å². The van der Waals surface area contributed by atoms with E-state index in [1.165, 1.54) is 12.1 Å². The second-order valence-corrected chi connectivity index (χ2v) is 7.30. The summed E-state index contributed by atoms with van der Waals surface area (Å²) in [5.74, 6) is 1.14. The Morgan fingerprint density at radius 1 is 1.04 bits per heavy atom. The molecule has 1 fully saturated rings. The molecular formula is C21H20ClFN2O3. The highest BCUT2D eigenvalue weighted by molar-refractivity contribution is 6.30. The largest absolute Gasteiger partial charge is 0.481 e. The number of nitrogens with zero attached hydrogens (tertiary/aromatic N) is 2. The molecule has 0 saturated carbocycles. The molecule has 1 aromatic heterocycles. The molecule has 5 nitrogen and oxygen atoms in total. The van der Waals surface area contributed by atoms with Crippen LogP contribution in [-0.2, 0) is 10.2 Å². The summed E-state index contributed by atoms with van der Waals surface area (Å²) in [5, 5.41) is 9.23. The first-order chi connectivity index (χ1) is 13.6. The number of halogens is 2. The molecule has 1 unspecified atom stereocenters. The zero-order chi connectivity index (χ0) is 19.6. The first-order valence-corrected chi connectivity index (χ1v) is 9.54.